The number of benzene rings is 1. The second kappa shape index (κ2) is 6.92. The first-order valence-corrected chi connectivity index (χ1v) is 7.03. The smallest absolute Gasteiger partial charge is 0.303 e. The van der Waals surface area contributed by atoms with Crippen LogP contribution in [0.15, 0.2) is 30.5 Å². The fraction of sp³-hybridized carbons (Fsp3) is 0.375. The molecule has 0 aliphatic heterocycles. The Kier molecular flexibility index (Phi) is 4.98. The maximum absolute atomic E-state index is 10.6. The van der Waals surface area contributed by atoms with E-state index in [2.05, 4.69) is 11.9 Å². The van der Waals surface area contributed by atoms with Gasteiger partial charge in [-0.2, -0.15) is 0 Å². The average Bonchev–Trinajstić information content (AvgIpc) is 2.84. The van der Waals surface area contributed by atoms with Crippen LogP contribution < -0.4 is 4.74 Å². The van der Waals surface area contributed by atoms with Gasteiger partial charge in [0, 0.05) is 18.9 Å². The zero-order valence-corrected chi connectivity index (χ0v) is 12.4. The molecule has 112 valence electrons. The molecule has 21 heavy (non-hydrogen) atoms. The normalized spacial score (nSPS) is 10.6. The fourth-order valence-corrected chi connectivity index (χ4v) is 2.06. The average molecular weight is 288 g/mol. The molecule has 0 fully saturated rings. The number of ether oxygens (including phenoxy) is 1. The van der Waals surface area contributed by atoms with Gasteiger partial charge < -0.3 is 14.4 Å². The Balaban J connectivity index is 1.95. The summed E-state index contributed by atoms with van der Waals surface area (Å²) in [5, 5.41) is 8.71. The van der Waals surface area contributed by atoms with Gasteiger partial charge >= 0.3 is 5.97 Å². The van der Waals surface area contributed by atoms with Gasteiger partial charge in [0.05, 0.1) is 6.42 Å². The van der Waals surface area contributed by atoms with Crippen LogP contribution in [0.1, 0.15) is 30.4 Å². The van der Waals surface area contributed by atoms with Crippen molar-refractivity contribution >= 4 is 5.97 Å². The van der Waals surface area contributed by atoms with E-state index in [-0.39, 0.29) is 6.42 Å². The Morgan fingerprint density at radius 1 is 1.33 bits per heavy atom. The van der Waals surface area contributed by atoms with Crippen LogP contribution in [0.4, 0.5) is 0 Å². The molecule has 1 aromatic carbocycles. The zero-order valence-electron chi connectivity index (χ0n) is 12.4. The number of hydrogen-bond acceptors (Lipinski definition) is 3. The van der Waals surface area contributed by atoms with Crippen molar-refractivity contribution < 1.29 is 14.6 Å². The standard InChI is InChI=1S/C16H20N2O3/c1-3-12-4-7-14(8-5-12)21-11-15-17-10-13(18(15)2)6-9-16(19)20/h4-5,7-8,10H,3,6,9,11H2,1-2H3,(H,19,20). The van der Waals surface area contributed by atoms with Gasteiger partial charge in [0.2, 0.25) is 0 Å². The number of aromatic nitrogens is 2. The highest BCUT2D eigenvalue weighted by atomic mass is 16.5. The molecule has 0 bridgehead atoms. The SMILES string of the molecule is CCc1ccc(OCc2ncc(CCC(=O)O)n2C)cc1. The molecule has 0 saturated carbocycles. The molecule has 0 atom stereocenters. The number of aliphatic carboxylic acids is 1. The summed E-state index contributed by atoms with van der Waals surface area (Å²) >= 11 is 0. The minimum Gasteiger partial charge on any atom is -0.486 e. The third-order valence-corrected chi connectivity index (χ3v) is 3.48. The minimum atomic E-state index is -0.801. The molecule has 0 amide bonds. The van der Waals surface area contributed by atoms with E-state index in [1.54, 1.807) is 6.20 Å². The van der Waals surface area contributed by atoms with Crippen LogP contribution in [0.5, 0.6) is 5.75 Å². The lowest BCUT2D eigenvalue weighted by atomic mass is 10.2. The van der Waals surface area contributed by atoms with Crippen molar-refractivity contribution in [2.24, 2.45) is 7.05 Å². The molecule has 0 aliphatic carbocycles. The van der Waals surface area contributed by atoms with Gasteiger partial charge in [0.15, 0.2) is 0 Å². The molecule has 0 spiro atoms. The van der Waals surface area contributed by atoms with Crippen LogP contribution in [0.2, 0.25) is 0 Å². The van der Waals surface area contributed by atoms with E-state index in [9.17, 15) is 4.79 Å². The van der Waals surface area contributed by atoms with Gasteiger partial charge in [-0.1, -0.05) is 19.1 Å². The van der Waals surface area contributed by atoms with Crippen molar-refractivity contribution in [2.75, 3.05) is 0 Å². The Bertz CT molecular complexity index is 602. The highest BCUT2D eigenvalue weighted by Gasteiger charge is 2.08. The number of hydrogen-bond donors (Lipinski definition) is 1. The van der Waals surface area contributed by atoms with E-state index in [1.165, 1.54) is 5.56 Å². The molecular weight excluding hydrogens is 268 g/mol. The first kappa shape index (κ1) is 15.1. The Labute approximate surface area is 124 Å². The van der Waals surface area contributed by atoms with Gasteiger partial charge in [-0.05, 0) is 30.5 Å². The molecule has 1 aromatic heterocycles. The molecule has 2 rings (SSSR count). The summed E-state index contributed by atoms with van der Waals surface area (Å²) < 4.78 is 7.60. The number of nitrogens with zero attached hydrogens (tertiary/aromatic N) is 2. The summed E-state index contributed by atoms with van der Waals surface area (Å²) in [6.07, 6.45) is 3.30. The number of carboxylic acids is 1. The van der Waals surface area contributed by atoms with E-state index < -0.39 is 5.97 Å². The number of carbonyl (C=O) groups is 1. The lowest BCUT2D eigenvalue weighted by molar-refractivity contribution is -0.136. The molecule has 0 radical (unpaired) electrons. The molecule has 5 heteroatoms. The van der Waals surface area contributed by atoms with Crippen LogP contribution >= 0.6 is 0 Å². The second-order valence-electron chi connectivity index (χ2n) is 4.90. The maximum atomic E-state index is 10.6. The van der Waals surface area contributed by atoms with Crippen molar-refractivity contribution in [1.82, 2.24) is 9.55 Å². The van der Waals surface area contributed by atoms with Crippen LogP contribution in [0, 0.1) is 0 Å². The summed E-state index contributed by atoms with van der Waals surface area (Å²) in [6, 6.07) is 8.00. The highest BCUT2D eigenvalue weighted by molar-refractivity contribution is 5.66. The van der Waals surface area contributed by atoms with Crippen LogP contribution in [-0.2, 0) is 31.3 Å². The third-order valence-electron chi connectivity index (χ3n) is 3.48. The van der Waals surface area contributed by atoms with Crippen LogP contribution in [-0.4, -0.2) is 20.6 Å². The monoisotopic (exact) mass is 288 g/mol. The van der Waals surface area contributed by atoms with Gasteiger partial charge in [-0.25, -0.2) is 4.98 Å². The first-order valence-electron chi connectivity index (χ1n) is 7.03. The summed E-state index contributed by atoms with van der Waals surface area (Å²) in [5.74, 6) is 0.794. The second-order valence-corrected chi connectivity index (χ2v) is 4.90. The molecule has 2 aromatic rings. The van der Waals surface area contributed by atoms with Crippen molar-refractivity contribution in [1.29, 1.82) is 0 Å². The predicted octanol–water partition coefficient (Wildman–Crippen LogP) is 2.58. The summed E-state index contributed by atoms with van der Waals surface area (Å²) in [7, 11) is 1.88. The van der Waals surface area contributed by atoms with E-state index >= 15 is 0 Å². The third kappa shape index (κ3) is 4.08. The quantitative estimate of drug-likeness (QED) is 0.850. The number of rotatable bonds is 7. The highest BCUT2D eigenvalue weighted by Crippen LogP contribution is 2.15. The Morgan fingerprint density at radius 2 is 2.05 bits per heavy atom. The molecular formula is C16H20N2O3. The lowest BCUT2D eigenvalue weighted by Crippen LogP contribution is -2.07. The van der Waals surface area contributed by atoms with Crippen LogP contribution in [0.3, 0.4) is 0 Å². The Morgan fingerprint density at radius 3 is 2.67 bits per heavy atom. The first-order chi connectivity index (χ1) is 10.1. The molecule has 0 aliphatic rings. The maximum Gasteiger partial charge on any atom is 0.303 e. The summed E-state index contributed by atoms with van der Waals surface area (Å²) in [6.45, 7) is 2.48. The molecule has 1 heterocycles. The molecule has 1 N–H and O–H groups in total. The number of carboxylic acid groups (broad SMARTS) is 1. The van der Waals surface area contributed by atoms with Gasteiger partial charge in [0.25, 0.3) is 0 Å². The fourth-order valence-electron chi connectivity index (χ4n) is 2.06. The molecule has 5 nitrogen and oxygen atoms in total. The van der Waals surface area contributed by atoms with Crippen molar-refractivity contribution in [2.45, 2.75) is 32.8 Å². The molecule has 0 saturated heterocycles. The number of aryl methyl sites for hydroxylation is 2. The summed E-state index contributed by atoms with van der Waals surface area (Å²) in [4.78, 5) is 14.9. The van der Waals surface area contributed by atoms with E-state index in [4.69, 9.17) is 9.84 Å². The topological polar surface area (TPSA) is 64.3 Å². The zero-order chi connectivity index (χ0) is 15.2. The van der Waals surface area contributed by atoms with Gasteiger partial charge in [-0.15, -0.1) is 0 Å². The van der Waals surface area contributed by atoms with Crippen molar-refractivity contribution in [3.63, 3.8) is 0 Å². The van der Waals surface area contributed by atoms with E-state index in [0.29, 0.717) is 13.0 Å². The van der Waals surface area contributed by atoms with Gasteiger partial charge in [-0.3, -0.25) is 4.79 Å². The predicted molar refractivity (Wildman–Crippen MR) is 79.3 cm³/mol. The van der Waals surface area contributed by atoms with Crippen LogP contribution in [0.25, 0.3) is 0 Å². The van der Waals surface area contributed by atoms with Crippen molar-refractivity contribution in [3.8, 4) is 5.75 Å². The van der Waals surface area contributed by atoms with E-state index in [1.807, 2.05) is 35.9 Å². The number of imidazole rings is 1. The van der Waals surface area contributed by atoms with E-state index in [0.717, 1.165) is 23.7 Å². The summed E-state index contributed by atoms with van der Waals surface area (Å²) in [5.41, 5.74) is 2.17. The largest absolute Gasteiger partial charge is 0.486 e. The van der Waals surface area contributed by atoms with Crippen molar-refractivity contribution in [3.05, 3.63) is 47.5 Å². The minimum absolute atomic E-state index is 0.109. The Hall–Kier alpha value is -2.30. The van der Waals surface area contributed by atoms with Gasteiger partial charge in [0.1, 0.15) is 18.2 Å². The lowest BCUT2D eigenvalue weighted by Gasteiger charge is -2.08. The molecule has 0 unspecified atom stereocenters.